The van der Waals surface area contributed by atoms with E-state index in [-0.39, 0.29) is 0 Å². The van der Waals surface area contributed by atoms with Crippen LogP contribution in [0.1, 0.15) is 25.1 Å². The molecule has 0 N–H and O–H groups in total. The van der Waals surface area contributed by atoms with Gasteiger partial charge in [-0.3, -0.25) is 0 Å². The second kappa shape index (κ2) is 7.39. The van der Waals surface area contributed by atoms with Gasteiger partial charge in [-0.15, -0.1) is 11.3 Å². The number of fused-ring (bicyclic) bond motifs is 1. The predicted octanol–water partition coefficient (Wildman–Crippen LogP) is 3.59. The summed E-state index contributed by atoms with van der Waals surface area (Å²) in [4.78, 5) is 18.4. The average molecular weight is 430 g/mol. The van der Waals surface area contributed by atoms with Gasteiger partial charge in [0.25, 0.3) is 0 Å². The zero-order valence-corrected chi connectivity index (χ0v) is 17.8. The summed E-state index contributed by atoms with van der Waals surface area (Å²) in [6.07, 6.45) is 0.242. The molecule has 1 aliphatic heterocycles. The van der Waals surface area contributed by atoms with Gasteiger partial charge in [-0.05, 0) is 39.1 Å². The highest BCUT2D eigenvalue weighted by Crippen LogP contribution is 2.31. The van der Waals surface area contributed by atoms with Crippen LogP contribution in [0.15, 0.2) is 35.8 Å². The van der Waals surface area contributed by atoms with Crippen molar-refractivity contribution in [3.8, 4) is 6.07 Å². The second-order valence-corrected chi connectivity index (χ2v) is 8.77. The lowest BCUT2D eigenvalue weighted by atomic mass is 10.2. The molecule has 3 aromatic rings. The molecular formula is C20H19N3O4S2. The van der Waals surface area contributed by atoms with Crippen LogP contribution in [-0.4, -0.2) is 33.3 Å². The number of ether oxygens (including phenoxy) is 2. The first-order chi connectivity index (χ1) is 13.8. The van der Waals surface area contributed by atoms with Gasteiger partial charge in [0.05, 0.1) is 17.8 Å². The highest BCUT2D eigenvalue weighted by molar-refractivity contribution is 7.73. The Morgan fingerprint density at radius 1 is 1.38 bits per heavy atom. The van der Waals surface area contributed by atoms with Crippen LogP contribution >= 0.6 is 23.6 Å². The summed E-state index contributed by atoms with van der Waals surface area (Å²) in [5, 5.41) is 12.1. The van der Waals surface area contributed by atoms with E-state index in [4.69, 9.17) is 26.5 Å². The summed E-state index contributed by atoms with van der Waals surface area (Å²) in [7, 11) is 0. The van der Waals surface area contributed by atoms with Gasteiger partial charge in [0.1, 0.15) is 12.2 Å². The molecule has 4 rings (SSSR count). The first-order valence-electron chi connectivity index (χ1n) is 9.02. The minimum absolute atomic E-state index is 0.333. The SMILES string of the molecule is Cc1csc(=S)n1OC(=O)[C@@H]1OC(C)(C)O[C@H]1Cn1cc(C#N)c2ccccc21. The van der Waals surface area contributed by atoms with Crippen LogP contribution in [0, 0.1) is 22.2 Å². The molecule has 7 nitrogen and oxygen atoms in total. The first-order valence-corrected chi connectivity index (χ1v) is 10.3. The lowest BCUT2D eigenvalue weighted by Gasteiger charge is -2.17. The minimum Gasteiger partial charge on any atom is -0.343 e. The van der Waals surface area contributed by atoms with E-state index >= 15 is 0 Å². The number of carbonyl (C=O) groups is 1. The molecule has 1 saturated heterocycles. The summed E-state index contributed by atoms with van der Waals surface area (Å²) >= 11 is 6.53. The Kier molecular flexibility index (Phi) is 5.04. The predicted molar refractivity (Wildman–Crippen MR) is 110 cm³/mol. The molecule has 0 aliphatic carbocycles. The van der Waals surface area contributed by atoms with Crippen LogP contribution in [0.4, 0.5) is 0 Å². The Hall–Kier alpha value is -2.51. The molecule has 0 spiro atoms. The molecule has 0 unspecified atom stereocenters. The van der Waals surface area contributed by atoms with Crippen molar-refractivity contribution in [2.45, 2.75) is 45.3 Å². The van der Waals surface area contributed by atoms with E-state index in [9.17, 15) is 10.1 Å². The second-order valence-electron chi connectivity index (χ2n) is 7.27. The number of aromatic nitrogens is 2. The van der Waals surface area contributed by atoms with Crippen molar-refractivity contribution in [1.82, 2.24) is 9.30 Å². The first kappa shape index (κ1) is 19.8. The number of benzene rings is 1. The number of para-hydroxylation sites is 1. The summed E-state index contributed by atoms with van der Waals surface area (Å²) in [5.74, 6) is -1.52. The van der Waals surface area contributed by atoms with E-state index in [1.165, 1.54) is 16.1 Å². The van der Waals surface area contributed by atoms with Gasteiger partial charge in [-0.1, -0.05) is 18.2 Å². The molecule has 150 valence electrons. The van der Waals surface area contributed by atoms with E-state index in [2.05, 4.69) is 6.07 Å². The Morgan fingerprint density at radius 3 is 2.83 bits per heavy atom. The smallest absolute Gasteiger partial charge is 0.343 e. The fourth-order valence-electron chi connectivity index (χ4n) is 3.48. The summed E-state index contributed by atoms with van der Waals surface area (Å²) < 4.78 is 15.5. The maximum Gasteiger partial charge on any atom is 0.364 e. The van der Waals surface area contributed by atoms with Crippen LogP contribution < -0.4 is 4.84 Å². The number of rotatable bonds is 4. The van der Waals surface area contributed by atoms with Crippen molar-refractivity contribution in [1.29, 1.82) is 5.26 Å². The lowest BCUT2D eigenvalue weighted by Crippen LogP contribution is -2.40. The molecule has 0 amide bonds. The van der Waals surface area contributed by atoms with Gasteiger partial charge in [-0.2, -0.15) is 9.99 Å². The van der Waals surface area contributed by atoms with Gasteiger partial charge in [0.15, 0.2) is 15.8 Å². The Bertz CT molecular complexity index is 1180. The summed E-state index contributed by atoms with van der Waals surface area (Å²) in [6, 6.07) is 9.83. The number of nitrogens with zero attached hydrogens (tertiary/aromatic N) is 3. The zero-order chi connectivity index (χ0) is 20.8. The van der Waals surface area contributed by atoms with Crippen LogP contribution in [0.5, 0.6) is 0 Å². The molecule has 1 aromatic carbocycles. The number of carbonyl (C=O) groups excluding carboxylic acids is 1. The molecule has 2 aromatic heterocycles. The molecule has 1 fully saturated rings. The lowest BCUT2D eigenvalue weighted by molar-refractivity contribution is -0.171. The zero-order valence-electron chi connectivity index (χ0n) is 16.1. The van der Waals surface area contributed by atoms with Gasteiger partial charge in [0.2, 0.25) is 0 Å². The normalized spacial score (nSPS) is 20.6. The van der Waals surface area contributed by atoms with Crippen molar-refractivity contribution in [3.05, 3.63) is 51.1 Å². The van der Waals surface area contributed by atoms with Gasteiger partial charge >= 0.3 is 5.97 Å². The molecule has 0 radical (unpaired) electrons. The quantitative estimate of drug-likeness (QED) is 0.590. The van der Waals surface area contributed by atoms with Crippen LogP contribution in [0.2, 0.25) is 0 Å². The fourth-order valence-corrected chi connectivity index (χ4v) is 4.45. The van der Waals surface area contributed by atoms with Crippen molar-refractivity contribution < 1.29 is 19.1 Å². The topological polar surface area (TPSA) is 78.4 Å². The van der Waals surface area contributed by atoms with Crippen molar-refractivity contribution in [2.75, 3.05) is 0 Å². The van der Waals surface area contributed by atoms with Gasteiger partial charge in [-0.25, -0.2) is 4.79 Å². The molecular weight excluding hydrogens is 410 g/mol. The molecule has 29 heavy (non-hydrogen) atoms. The van der Waals surface area contributed by atoms with Gasteiger partial charge < -0.3 is 18.9 Å². The molecule has 0 saturated carbocycles. The van der Waals surface area contributed by atoms with Crippen molar-refractivity contribution in [3.63, 3.8) is 0 Å². The number of hydrogen-bond donors (Lipinski definition) is 0. The van der Waals surface area contributed by atoms with E-state index in [0.29, 0.717) is 16.1 Å². The maximum absolute atomic E-state index is 12.9. The minimum atomic E-state index is -0.944. The number of hydrogen-bond acceptors (Lipinski definition) is 7. The number of thiazole rings is 1. The molecule has 1 aliphatic rings. The highest BCUT2D eigenvalue weighted by Gasteiger charge is 2.47. The van der Waals surface area contributed by atoms with Crippen molar-refractivity contribution in [2.24, 2.45) is 0 Å². The standard InChI is InChI=1S/C20H19N3O4S2/c1-12-11-29-19(28)23(12)27-18(24)17-16(25-20(2,3)26-17)10-22-9-13(8-21)14-6-4-5-7-15(14)22/h4-7,9,11,16-17H,10H2,1-3H3/t16-,17+/m0/s1. The van der Waals surface area contributed by atoms with Gasteiger partial charge in [0, 0.05) is 22.5 Å². The Balaban J connectivity index is 1.63. The third-order valence-electron chi connectivity index (χ3n) is 4.70. The third-order valence-corrected chi connectivity index (χ3v) is 5.98. The molecule has 0 bridgehead atoms. The number of aryl methyl sites for hydroxylation is 1. The van der Waals surface area contributed by atoms with E-state index < -0.39 is 24.0 Å². The Morgan fingerprint density at radius 2 is 2.14 bits per heavy atom. The van der Waals surface area contributed by atoms with E-state index in [0.717, 1.165) is 16.6 Å². The average Bonchev–Trinajstić information content (AvgIpc) is 3.30. The molecule has 9 heteroatoms. The molecule has 2 atom stereocenters. The van der Waals surface area contributed by atoms with Crippen LogP contribution in [0.3, 0.4) is 0 Å². The van der Waals surface area contributed by atoms with E-state index in [1.54, 1.807) is 20.0 Å². The largest absolute Gasteiger partial charge is 0.364 e. The summed E-state index contributed by atoms with van der Waals surface area (Å²) in [5.41, 5.74) is 2.19. The Labute approximate surface area is 176 Å². The summed E-state index contributed by atoms with van der Waals surface area (Å²) in [6.45, 7) is 5.65. The van der Waals surface area contributed by atoms with Crippen molar-refractivity contribution >= 4 is 40.4 Å². The number of nitriles is 1. The van der Waals surface area contributed by atoms with Crippen LogP contribution in [-0.2, 0) is 20.8 Å². The monoisotopic (exact) mass is 429 g/mol. The highest BCUT2D eigenvalue weighted by atomic mass is 32.1. The van der Waals surface area contributed by atoms with Crippen LogP contribution in [0.25, 0.3) is 10.9 Å². The fraction of sp³-hybridized carbons (Fsp3) is 0.350. The molecule has 3 heterocycles. The van der Waals surface area contributed by atoms with E-state index in [1.807, 2.05) is 41.1 Å². The third kappa shape index (κ3) is 3.72. The maximum atomic E-state index is 12.9.